The van der Waals surface area contributed by atoms with Crippen LogP contribution in [0.1, 0.15) is 89.5 Å². The van der Waals surface area contributed by atoms with Crippen LogP contribution >= 0.6 is 23.5 Å². The van der Waals surface area contributed by atoms with Gasteiger partial charge in [-0.2, -0.15) is 5.26 Å². The smallest absolute Gasteiger partial charge is 0.350 e. The van der Waals surface area contributed by atoms with Crippen molar-refractivity contribution in [1.29, 1.82) is 5.26 Å². The fraction of sp³-hybridized carbons (Fsp3) is 0.568. The van der Waals surface area contributed by atoms with Crippen LogP contribution in [0, 0.1) is 36.0 Å². The van der Waals surface area contributed by atoms with Crippen LogP contribution in [-0.2, 0) is 42.9 Å². The van der Waals surface area contributed by atoms with Gasteiger partial charge >= 0.3 is 29.8 Å². The summed E-state index contributed by atoms with van der Waals surface area (Å²) in [7, 11) is 0. The Kier molecular flexibility index (Phi) is 15.3. The van der Waals surface area contributed by atoms with Gasteiger partial charge in [-0.15, -0.1) is 0 Å². The average molecular weight is 728 g/mol. The first-order valence-corrected chi connectivity index (χ1v) is 19.0. The molecule has 0 atom stereocenters. The molecule has 270 valence electrons. The van der Waals surface area contributed by atoms with Crippen molar-refractivity contribution in [1.82, 2.24) is 0 Å². The summed E-state index contributed by atoms with van der Waals surface area (Å²) in [5, 5.41) is 9.71. The van der Waals surface area contributed by atoms with Crippen molar-refractivity contribution in [3.05, 3.63) is 40.2 Å². The van der Waals surface area contributed by atoms with E-state index < -0.39 is 11.9 Å². The van der Waals surface area contributed by atoms with Crippen LogP contribution in [0.5, 0.6) is 5.75 Å². The second kappa shape index (κ2) is 19.6. The monoisotopic (exact) mass is 727 g/mol. The molecule has 2 aliphatic carbocycles. The van der Waals surface area contributed by atoms with Crippen molar-refractivity contribution in [2.75, 3.05) is 19.8 Å². The topological polar surface area (TPSA) is 155 Å². The van der Waals surface area contributed by atoms with Gasteiger partial charge in [0.15, 0.2) is 5.57 Å². The Bertz CT molecular complexity index is 1500. The molecular weight excluding hydrogens is 683 g/mol. The number of thioether (sulfide) groups is 2. The van der Waals surface area contributed by atoms with Crippen molar-refractivity contribution < 1.29 is 47.7 Å². The van der Waals surface area contributed by atoms with Gasteiger partial charge in [0, 0.05) is 11.0 Å². The number of hydrogen-bond donors (Lipinski definition) is 0. The Morgan fingerprint density at radius 3 is 2.02 bits per heavy atom. The number of rotatable bonds is 15. The Morgan fingerprint density at radius 1 is 0.800 bits per heavy atom. The van der Waals surface area contributed by atoms with E-state index in [1.807, 2.05) is 26.0 Å². The van der Waals surface area contributed by atoms with Crippen molar-refractivity contribution in [2.45, 2.75) is 107 Å². The SMILES string of the molecule is C=CC(=O)OCCCCOC(=O)C1CCC(C(=O)OC2CCC(C(=O)Oc3ccc(C)c4c3S/C(=C(\C#N)C(=O)OCCCC)S4)CC2)CC1. The Balaban J connectivity index is 1.19. The molecule has 4 rings (SSSR count). The van der Waals surface area contributed by atoms with Crippen molar-refractivity contribution >= 4 is 53.4 Å². The summed E-state index contributed by atoms with van der Waals surface area (Å²) in [6.07, 6.45) is 7.98. The number of ether oxygens (including phenoxy) is 5. The second-order valence-electron chi connectivity index (χ2n) is 12.6. The van der Waals surface area contributed by atoms with E-state index in [1.54, 1.807) is 6.07 Å². The van der Waals surface area contributed by atoms with E-state index in [-0.39, 0.29) is 67.2 Å². The molecule has 2 saturated carbocycles. The Labute approximate surface area is 301 Å². The number of fused-ring (bicyclic) bond motifs is 1. The molecule has 0 saturated heterocycles. The molecule has 50 heavy (non-hydrogen) atoms. The van der Waals surface area contributed by atoms with E-state index >= 15 is 0 Å². The highest BCUT2D eigenvalue weighted by molar-refractivity contribution is 8.24. The van der Waals surface area contributed by atoms with E-state index in [0.29, 0.717) is 85.5 Å². The number of nitrogens with zero attached hydrogens (tertiary/aromatic N) is 1. The number of unbranched alkanes of at least 4 members (excludes halogenated alkanes) is 2. The van der Waals surface area contributed by atoms with Crippen molar-refractivity contribution in [2.24, 2.45) is 17.8 Å². The molecule has 0 amide bonds. The lowest BCUT2D eigenvalue weighted by molar-refractivity contribution is -0.160. The molecule has 0 unspecified atom stereocenters. The van der Waals surface area contributed by atoms with Gasteiger partial charge in [-0.05, 0) is 89.2 Å². The van der Waals surface area contributed by atoms with E-state index in [9.17, 15) is 29.2 Å². The van der Waals surface area contributed by atoms with Gasteiger partial charge in [0.1, 0.15) is 17.9 Å². The van der Waals surface area contributed by atoms with Crippen LogP contribution in [0.25, 0.3) is 0 Å². The highest BCUT2D eigenvalue weighted by Crippen LogP contribution is 2.57. The van der Waals surface area contributed by atoms with Crippen LogP contribution in [0.15, 0.2) is 44.4 Å². The quantitative estimate of drug-likeness (QED) is 0.0449. The van der Waals surface area contributed by atoms with Gasteiger partial charge < -0.3 is 23.7 Å². The molecule has 2 fully saturated rings. The summed E-state index contributed by atoms with van der Waals surface area (Å²) in [6, 6.07) is 5.58. The molecule has 0 radical (unpaired) electrons. The second-order valence-corrected chi connectivity index (χ2v) is 14.9. The van der Waals surface area contributed by atoms with Crippen LogP contribution < -0.4 is 4.74 Å². The lowest BCUT2D eigenvalue weighted by atomic mass is 9.82. The zero-order chi connectivity index (χ0) is 36.0. The standard InChI is InChI=1S/C37H45NO10S2/c1-4-6-19-46-36(43)28(22-38)37-49-31-23(3)9-18-29(32(31)50-37)48-35(42)26-14-16-27(17-15-26)47-34(41)25-12-10-24(11-13-25)33(40)45-21-8-7-20-44-30(39)5-2/h5,9,18,24-27H,2,4,6-8,10-17,19-21H2,1,3H3/b37-28+. The normalized spacial score (nSPS) is 22.3. The predicted molar refractivity (Wildman–Crippen MR) is 186 cm³/mol. The van der Waals surface area contributed by atoms with Gasteiger partial charge in [-0.3, -0.25) is 14.4 Å². The number of benzene rings is 1. The van der Waals surface area contributed by atoms with Crippen molar-refractivity contribution in [3.63, 3.8) is 0 Å². The minimum Gasteiger partial charge on any atom is -0.465 e. The molecule has 0 aromatic heterocycles. The van der Waals surface area contributed by atoms with Gasteiger partial charge in [0.2, 0.25) is 0 Å². The molecular formula is C37H45NO10S2. The Morgan fingerprint density at radius 2 is 1.38 bits per heavy atom. The summed E-state index contributed by atoms with van der Waals surface area (Å²) in [4.78, 5) is 63.8. The minimum atomic E-state index is -0.653. The number of carbonyl (C=O) groups excluding carboxylic acids is 5. The summed E-state index contributed by atoms with van der Waals surface area (Å²) in [6.45, 7) is 8.01. The van der Waals surface area contributed by atoms with Crippen LogP contribution in [0.4, 0.5) is 0 Å². The molecule has 11 nitrogen and oxygen atoms in total. The summed E-state index contributed by atoms with van der Waals surface area (Å²) >= 11 is 2.55. The first-order valence-electron chi connectivity index (χ1n) is 17.3. The molecule has 0 N–H and O–H groups in total. The number of nitriles is 1. The van der Waals surface area contributed by atoms with Gasteiger partial charge in [0.25, 0.3) is 0 Å². The van der Waals surface area contributed by atoms with Crippen molar-refractivity contribution in [3.8, 4) is 11.8 Å². The number of hydrogen-bond acceptors (Lipinski definition) is 13. The van der Waals surface area contributed by atoms with E-state index in [0.717, 1.165) is 23.0 Å². The molecule has 13 heteroatoms. The molecule has 0 spiro atoms. The predicted octanol–water partition coefficient (Wildman–Crippen LogP) is 7.14. The Hall–Kier alpha value is -3.76. The van der Waals surface area contributed by atoms with E-state index in [4.69, 9.17) is 23.7 Å². The highest BCUT2D eigenvalue weighted by atomic mass is 32.2. The highest BCUT2D eigenvalue weighted by Gasteiger charge is 2.36. The third-order valence-corrected chi connectivity index (χ3v) is 11.8. The summed E-state index contributed by atoms with van der Waals surface area (Å²) in [5.74, 6) is -2.46. The van der Waals surface area contributed by atoms with Crippen LogP contribution in [-0.4, -0.2) is 55.8 Å². The summed E-state index contributed by atoms with van der Waals surface area (Å²) < 4.78 is 27.8. The zero-order valence-corrected chi connectivity index (χ0v) is 30.3. The molecule has 3 aliphatic rings. The van der Waals surface area contributed by atoms with Crippen LogP contribution in [0.2, 0.25) is 0 Å². The number of aryl methyl sites for hydroxylation is 1. The maximum Gasteiger partial charge on any atom is 0.350 e. The van der Waals surface area contributed by atoms with Crippen LogP contribution in [0.3, 0.4) is 0 Å². The number of esters is 5. The van der Waals surface area contributed by atoms with Gasteiger partial charge in [-0.25, -0.2) is 9.59 Å². The average Bonchev–Trinajstić information content (AvgIpc) is 3.57. The molecule has 1 aliphatic heterocycles. The third-order valence-electron chi connectivity index (χ3n) is 9.00. The fourth-order valence-electron chi connectivity index (χ4n) is 5.97. The lowest BCUT2D eigenvalue weighted by Crippen LogP contribution is -2.33. The largest absolute Gasteiger partial charge is 0.465 e. The first-order chi connectivity index (χ1) is 24.1. The first kappa shape index (κ1) is 39.0. The molecule has 0 bridgehead atoms. The number of carbonyl (C=O) groups is 5. The molecule has 1 aromatic rings. The van der Waals surface area contributed by atoms with Gasteiger partial charge in [0.05, 0.1) is 46.7 Å². The maximum atomic E-state index is 13.2. The minimum absolute atomic E-state index is 0.0543. The summed E-state index contributed by atoms with van der Waals surface area (Å²) in [5.41, 5.74) is 0.887. The zero-order valence-electron chi connectivity index (χ0n) is 28.7. The maximum absolute atomic E-state index is 13.2. The molecule has 1 aromatic carbocycles. The lowest BCUT2D eigenvalue weighted by Gasteiger charge is -2.30. The van der Waals surface area contributed by atoms with E-state index in [2.05, 4.69) is 6.58 Å². The fourth-order valence-corrected chi connectivity index (χ4v) is 8.61. The molecule has 1 heterocycles. The van der Waals surface area contributed by atoms with Gasteiger partial charge in [-0.1, -0.05) is 49.5 Å². The van der Waals surface area contributed by atoms with E-state index in [1.165, 1.54) is 23.5 Å². The third kappa shape index (κ3) is 10.9.